The third kappa shape index (κ3) is 1.78. The minimum atomic E-state index is 0.874. The maximum atomic E-state index is 4.25. The predicted octanol–water partition coefficient (Wildman–Crippen LogP) is 0.696. The van der Waals surface area contributed by atoms with Crippen LogP contribution in [0, 0.1) is 0 Å². The molecule has 2 atom stereocenters. The van der Waals surface area contributed by atoms with Crippen LogP contribution in [0.5, 0.6) is 0 Å². The zero-order valence-electron chi connectivity index (χ0n) is 7.58. The van der Waals surface area contributed by atoms with Gasteiger partial charge in [0.25, 0.3) is 0 Å². The summed E-state index contributed by atoms with van der Waals surface area (Å²) in [5.41, 5.74) is 0. The molecule has 2 heterocycles. The summed E-state index contributed by atoms with van der Waals surface area (Å²) in [6, 6.07) is 0.874. The molecule has 0 amide bonds. The standard InChI is InChI=1S/C9H18N2S/c12-7-1-3-11-6-5-10-4-2-9(11)8-10/h9,12H,1-8H2. The Labute approximate surface area is 80.3 Å². The summed E-state index contributed by atoms with van der Waals surface area (Å²) in [5.74, 6) is 1.03. The van der Waals surface area contributed by atoms with Gasteiger partial charge >= 0.3 is 0 Å². The minimum absolute atomic E-state index is 0.874. The Morgan fingerprint density at radius 2 is 2.17 bits per heavy atom. The molecule has 2 unspecified atom stereocenters. The van der Waals surface area contributed by atoms with Crippen LogP contribution in [0.25, 0.3) is 0 Å². The molecule has 0 aromatic rings. The lowest BCUT2D eigenvalue weighted by molar-refractivity contribution is 0.136. The minimum Gasteiger partial charge on any atom is -0.300 e. The van der Waals surface area contributed by atoms with Crippen LogP contribution >= 0.6 is 12.6 Å². The van der Waals surface area contributed by atoms with Crippen molar-refractivity contribution < 1.29 is 0 Å². The van der Waals surface area contributed by atoms with Crippen LogP contribution in [0.2, 0.25) is 0 Å². The summed E-state index contributed by atoms with van der Waals surface area (Å²) in [6.07, 6.45) is 2.65. The summed E-state index contributed by atoms with van der Waals surface area (Å²) >= 11 is 4.25. The van der Waals surface area contributed by atoms with E-state index in [0.29, 0.717) is 0 Å². The van der Waals surface area contributed by atoms with Crippen molar-refractivity contribution in [1.82, 2.24) is 9.80 Å². The second-order valence-corrected chi connectivity index (χ2v) is 4.30. The van der Waals surface area contributed by atoms with Crippen molar-refractivity contribution in [2.75, 3.05) is 38.5 Å². The topological polar surface area (TPSA) is 6.48 Å². The van der Waals surface area contributed by atoms with Crippen molar-refractivity contribution in [3.8, 4) is 0 Å². The van der Waals surface area contributed by atoms with Gasteiger partial charge in [-0.15, -0.1) is 0 Å². The van der Waals surface area contributed by atoms with Crippen LogP contribution < -0.4 is 0 Å². The van der Waals surface area contributed by atoms with Crippen LogP contribution in [0.3, 0.4) is 0 Å². The molecule has 0 N–H and O–H groups in total. The number of hydrogen-bond donors (Lipinski definition) is 1. The van der Waals surface area contributed by atoms with Crippen molar-refractivity contribution in [3.63, 3.8) is 0 Å². The van der Waals surface area contributed by atoms with E-state index in [4.69, 9.17) is 0 Å². The van der Waals surface area contributed by atoms with Crippen LogP contribution in [0.4, 0.5) is 0 Å². The van der Waals surface area contributed by atoms with Gasteiger partial charge in [-0.05, 0) is 31.7 Å². The Balaban J connectivity index is 1.81. The summed E-state index contributed by atoms with van der Waals surface area (Å²) in [7, 11) is 0. The average Bonchev–Trinajstić information content (AvgIpc) is 2.48. The van der Waals surface area contributed by atoms with Gasteiger partial charge < -0.3 is 4.90 Å². The van der Waals surface area contributed by atoms with Crippen LogP contribution in [-0.2, 0) is 0 Å². The van der Waals surface area contributed by atoms with Gasteiger partial charge in [0, 0.05) is 25.7 Å². The highest BCUT2D eigenvalue weighted by Crippen LogP contribution is 2.20. The Hall–Kier alpha value is 0.270. The van der Waals surface area contributed by atoms with E-state index in [9.17, 15) is 0 Å². The normalized spacial score (nSPS) is 35.8. The van der Waals surface area contributed by atoms with E-state index < -0.39 is 0 Å². The van der Waals surface area contributed by atoms with Gasteiger partial charge in [0.2, 0.25) is 0 Å². The molecule has 2 nitrogen and oxygen atoms in total. The zero-order chi connectivity index (χ0) is 8.39. The molecule has 0 aliphatic carbocycles. The first-order chi connectivity index (χ1) is 5.90. The lowest BCUT2D eigenvalue weighted by Gasteiger charge is -2.34. The molecule has 0 saturated carbocycles. The van der Waals surface area contributed by atoms with E-state index in [1.165, 1.54) is 45.6 Å². The molecule has 2 saturated heterocycles. The SMILES string of the molecule is SCCCN1CCN2CCC1C2. The fraction of sp³-hybridized carbons (Fsp3) is 1.00. The van der Waals surface area contributed by atoms with Gasteiger partial charge in [-0.2, -0.15) is 12.6 Å². The first-order valence-corrected chi connectivity index (χ1v) is 5.60. The average molecular weight is 186 g/mol. The Morgan fingerprint density at radius 1 is 1.25 bits per heavy atom. The number of rotatable bonds is 3. The molecule has 2 aliphatic rings. The molecule has 0 radical (unpaired) electrons. The molecule has 2 aliphatic heterocycles. The largest absolute Gasteiger partial charge is 0.300 e. The second kappa shape index (κ2) is 3.99. The van der Waals surface area contributed by atoms with E-state index in [0.717, 1.165) is 11.8 Å². The first-order valence-electron chi connectivity index (χ1n) is 4.97. The number of hydrogen-bond acceptors (Lipinski definition) is 3. The van der Waals surface area contributed by atoms with Gasteiger partial charge in [0.15, 0.2) is 0 Å². The number of piperazine rings is 1. The fourth-order valence-electron chi connectivity index (χ4n) is 2.33. The van der Waals surface area contributed by atoms with Gasteiger partial charge in [-0.3, -0.25) is 4.90 Å². The Morgan fingerprint density at radius 3 is 3.00 bits per heavy atom. The highest BCUT2D eigenvalue weighted by molar-refractivity contribution is 7.80. The number of fused-ring (bicyclic) bond motifs is 2. The van der Waals surface area contributed by atoms with Crippen molar-refractivity contribution in [2.24, 2.45) is 0 Å². The molecule has 2 fully saturated rings. The molecule has 3 heteroatoms. The van der Waals surface area contributed by atoms with E-state index in [1.54, 1.807) is 0 Å². The van der Waals surface area contributed by atoms with E-state index in [-0.39, 0.29) is 0 Å². The molecule has 70 valence electrons. The highest BCUT2D eigenvalue weighted by atomic mass is 32.1. The Kier molecular flexibility index (Phi) is 2.94. The van der Waals surface area contributed by atoms with Crippen molar-refractivity contribution in [3.05, 3.63) is 0 Å². The highest BCUT2D eigenvalue weighted by Gasteiger charge is 2.31. The third-order valence-electron chi connectivity index (χ3n) is 3.07. The molecule has 2 bridgehead atoms. The summed E-state index contributed by atoms with van der Waals surface area (Å²) in [5, 5.41) is 0. The van der Waals surface area contributed by atoms with Gasteiger partial charge in [0.1, 0.15) is 0 Å². The molecule has 2 rings (SSSR count). The summed E-state index contributed by atoms with van der Waals surface area (Å²) in [6.45, 7) is 6.51. The predicted molar refractivity (Wildman–Crippen MR) is 54.9 cm³/mol. The molecule has 0 aromatic heterocycles. The van der Waals surface area contributed by atoms with Gasteiger partial charge in [0.05, 0.1) is 0 Å². The third-order valence-corrected chi connectivity index (χ3v) is 3.39. The lowest BCUT2D eigenvalue weighted by Crippen LogP contribution is -2.46. The molecular weight excluding hydrogens is 168 g/mol. The zero-order valence-corrected chi connectivity index (χ0v) is 8.47. The molecule has 12 heavy (non-hydrogen) atoms. The van der Waals surface area contributed by atoms with Crippen molar-refractivity contribution >= 4 is 12.6 Å². The second-order valence-electron chi connectivity index (χ2n) is 3.86. The Bertz CT molecular complexity index is 151. The fourth-order valence-corrected chi connectivity index (χ4v) is 2.48. The summed E-state index contributed by atoms with van der Waals surface area (Å²) in [4.78, 5) is 5.24. The van der Waals surface area contributed by atoms with E-state index >= 15 is 0 Å². The molecule has 0 aromatic carbocycles. The molecule has 0 spiro atoms. The van der Waals surface area contributed by atoms with Gasteiger partial charge in [-0.25, -0.2) is 0 Å². The first kappa shape index (κ1) is 8.85. The monoisotopic (exact) mass is 186 g/mol. The van der Waals surface area contributed by atoms with E-state index in [1.807, 2.05) is 0 Å². The smallest absolute Gasteiger partial charge is 0.0235 e. The summed E-state index contributed by atoms with van der Waals surface area (Å²) < 4.78 is 0. The van der Waals surface area contributed by atoms with Gasteiger partial charge in [-0.1, -0.05) is 0 Å². The van der Waals surface area contributed by atoms with Crippen LogP contribution in [0.15, 0.2) is 0 Å². The molecular formula is C9H18N2S. The number of nitrogens with zero attached hydrogens (tertiary/aromatic N) is 2. The van der Waals surface area contributed by atoms with Crippen LogP contribution in [-0.4, -0.2) is 54.3 Å². The van der Waals surface area contributed by atoms with Crippen molar-refractivity contribution in [1.29, 1.82) is 0 Å². The maximum absolute atomic E-state index is 4.25. The van der Waals surface area contributed by atoms with Crippen LogP contribution in [0.1, 0.15) is 12.8 Å². The quantitative estimate of drug-likeness (QED) is 0.648. The van der Waals surface area contributed by atoms with Crippen molar-refractivity contribution in [2.45, 2.75) is 18.9 Å². The number of thiol groups is 1. The van der Waals surface area contributed by atoms with E-state index in [2.05, 4.69) is 22.4 Å². The lowest BCUT2D eigenvalue weighted by atomic mass is 10.2. The maximum Gasteiger partial charge on any atom is 0.0235 e.